The van der Waals surface area contributed by atoms with Crippen LogP contribution in [-0.4, -0.2) is 19.8 Å². The molecule has 4 heteroatoms. The number of halogens is 1. The third kappa shape index (κ3) is 6.89. The zero-order valence-corrected chi connectivity index (χ0v) is 15.1. The van der Waals surface area contributed by atoms with E-state index in [1.165, 1.54) is 32.1 Å². The van der Waals surface area contributed by atoms with Gasteiger partial charge in [0.05, 0.1) is 18.2 Å². The zero-order chi connectivity index (χ0) is 16.4. The highest BCUT2D eigenvalue weighted by Crippen LogP contribution is 2.37. The second-order valence-corrected chi connectivity index (χ2v) is 6.27. The Labute approximate surface area is 140 Å². The summed E-state index contributed by atoms with van der Waals surface area (Å²) in [6.07, 6.45) is 6.55. The third-order valence-corrected chi connectivity index (χ3v) is 3.71. The molecule has 0 saturated carbocycles. The van der Waals surface area contributed by atoms with Crippen molar-refractivity contribution in [3.63, 3.8) is 0 Å². The molecular formula is C18H30ClNO2. The van der Waals surface area contributed by atoms with Gasteiger partial charge < -0.3 is 14.8 Å². The van der Waals surface area contributed by atoms with Gasteiger partial charge in [0.2, 0.25) is 0 Å². The number of rotatable bonds is 11. The maximum atomic E-state index is 6.32. The second-order valence-electron chi connectivity index (χ2n) is 5.87. The first-order chi connectivity index (χ1) is 10.6. The molecule has 1 aromatic rings. The molecule has 0 radical (unpaired) electrons. The first-order valence-electron chi connectivity index (χ1n) is 8.32. The average molecular weight is 328 g/mol. The molecule has 0 aliphatic carbocycles. The lowest BCUT2D eigenvalue weighted by Gasteiger charge is -2.16. The number of hydrogen-bond donors (Lipinski definition) is 1. The molecule has 0 spiro atoms. The van der Waals surface area contributed by atoms with E-state index in [0.29, 0.717) is 16.5 Å². The molecule has 0 unspecified atom stereocenters. The van der Waals surface area contributed by atoms with Gasteiger partial charge >= 0.3 is 0 Å². The van der Waals surface area contributed by atoms with Gasteiger partial charge in [-0.05, 0) is 44.5 Å². The minimum absolute atomic E-state index is 0.0681. The highest BCUT2D eigenvalue weighted by atomic mass is 35.5. The summed E-state index contributed by atoms with van der Waals surface area (Å²) in [6.45, 7) is 8.02. The van der Waals surface area contributed by atoms with Crippen LogP contribution in [0.5, 0.6) is 11.5 Å². The van der Waals surface area contributed by atoms with Crippen molar-refractivity contribution in [2.75, 3.05) is 13.7 Å². The Morgan fingerprint density at radius 2 is 1.86 bits per heavy atom. The van der Waals surface area contributed by atoms with Crippen LogP contribution >= 0.6 is 11.6 Å². The van der Waals surface area contributed by atoms with Crippen LogP contribution in [-0.2, 0) is 6.54 Å². The molecule has 0 aliphatic heterocycles. The predicted octanol–water partition coefficient (Wildman–Crippen LogP) is 5.20. The number of methoxy groups -OCH3 is 1. The Hall–Kier alpha value is -0.930. The standard InChI is InChI=1S/C18H30ClNO2/c1-5-6-7-8-9-10-20-13-15-11-16(19)18(22-14(2)3)17(12-15)21-4/h11-12,14,20H,5-10,13H2,1-4H3. The summed E-state index contributed by atoms with van der Waals surface area (Å²) in [5, 5.41) is 4.07. The van der Waals surface area contributed by atoms with Crippen LogP contribution < -0.4 is 14.8 Å². The average Bonchev–Trinajstić information content (AvgIpc) is 2.48. The molecule has 0 heterocycles. The summed E-state index contributed by atoms with van der Waals surface area (Å²) in [5.41, 5.74) is 1.12. The number of nitrogens with one attached hydrogen (secondary N) is 1. The molecule has 126 valence electrons. The number of benzene rings is 1. The molecule has 1 aromatic carbocycles. The second kappa shape index (κ2) is 10.7. The van der Waals surface area contributed by atoms with Gasteiger partial charge in [-0.15, -0.1) is 0 Å². The summed E-state index contributed by atoms with van der Waals surface area (Å²) < 4.78 is 11.1. The molecule has 22 heavy (non-hydrogen) atoms. The molecule has 0 bridgehead atoms. The van der Waals surface area contributed by atoms with Crippen molar-refractivity contribution in [2.45, 2.75) is 65.5 Å². The summed E-state index contributed by atoms with van der Waals surface area (Å²) in [4.78, 5) is 0. The largest absolute Gasteiger partial charge is 0.493 e. The van der Waals surface area contributed by atoms with Crippen molar-refractivity contribution in [1.29, 1.82) is 0 Å². The van der Waals surface area contributed by atoms with Gasteiger partial charge in [0.25, 0.3) is 0 Å². The highest BCUT2D eigenvalue weighted by Gasteiger charge is 2.13. The van der Waals surface area contributed by atoms with Crippen molar-refractivity contribution in [1.82, 2.24) is 5.32 Å². The zero-order valence-electron chi connectivity index (χ0n) is 14.4. The van der Waals surface area contributed by atoms with Gasteiger partial charge in [0.15, 0.2) is 11.5 Å². The molecule has 1 N–H and O–H groups in total. The van der Waals surface area contributed by atoms with E-state index >= 15 is 0 Å². The van der Waals surface area contributed by atoms with Crippen LogP contribution in [0.1, 0.15) is 58.4 Å². The van der Waals surface area contributed by atoms with Crippen molar-refractivity contribution < 1.29 is 9.47 Å². The predicted molar refractivity (Wildman–Crippen MR) is 94.2 cm³/mol. The Morgan fingerprint density at radius 1 is 1.14 bits per heavy atom. The molecule has 0 aliphatic rings. The fourth-order valence-electron chi connectivity index (χ4n) is 2.31. The van der Waals surface area contributed by atoms with Gasteiger partial charge in [0.1, 0.15) is 0 Å². The van der Waals surface area contributed by atoms with E-state index in [-0.39, 0.29) is 6.10 Å². The maximum absolute atomic E-state index is 6.32. The fraction of sp³-hybridized carbons (Fsp3) is 0.667. The Kier molecular flexibility index (Phi) is 9.33. The minimum atomic E-state index is 0.0681. The summed E-state index contributed by atoms with van der Waals surface area (Å²) >= 11 is 6.32. The van der Waals surface area contributed by atoms with E-state index in [4.69, 9.17) is 21.1 Å². The van der Waals surface area contributed by atoms with Gasteiger partial charge in [-0.1, -0.05) is 44.2 Å². The quantitative estimate of drug-likeness (QED) is 0.567. The molecule has 0 aromatic heterocycles. The van der Waals surface area contributed by atoms with Gasteiger partial charge in [-0.2, -0.15) is 0 Å². The van der Waals surface area contributed by atoms with Crippen LogP contribution in [0, 0.1) is 0 Å². The molecule has 1 rings (SSSR count). The van der Waals surface area contributed by atoms with Gasteiger partial charge in [0, 0.05) is 6.54 Å². The Bertz CT molecular complexity index is 435. The summed E-state index contributed by atoms with van der Waals surface area (Å²) in [7, 11) is 1.64. The summed E-state index contributed by atoms with van der Waals surface area (Å²) in [5.74, 6) is 1.32. The van der Waals surface area contributed by atoms with E-state index in [0.717, 1.165) is 18.7 Å². The third-order valence-electron chi connectivity index (χ3n) is 3.43. The molecular weight excluding hydrogens is 298 g/mol. The Morgan fingerprint density at radius 3 is 2.50 bits per heavy atom. The van der Waals surface area contributed by atoms with E-state index in [1.807, 2.05) is 26.0 Å². The number of hydrogen-bond acceptors (Lipinski definition) is 3. The topological polar surface area (TPSA) is 30.5 Å². The van der Waals surface area contributed by atoms with Crippen LogP contribution in [0.4, 0.5) is 0 Å². The smallest absolute Gasteiger partial charge is 0.180 e. The Balaban J connectivity index is 2.49. The van der Waals surface area contributed by atoms with Crippen molar-refractivity contribution >= 4 is 11.6 Å². The molecule has 3 nitrogen and oxygen atoms in total. The van der Waals surface area contributed by atoms with Crippen LogP contribution in [0.3, 0.4) is 0 Å². The lowest BCUT2D eigenvalue weighted by molar-refractivity contribution is 0.230. The minimum Gasteiger partial charge on any atom is -0.493 e. The van der Waals surface area contributed by atoms with Crippen molar-refractivity contribution in [3.8, 4) is 11.5 Å². The molecule has 0 saturated heterocycles. The number of ether oxygens (including phenoxy) is 2. The van der Waals surface area contributed by atoms with Gasteiger partial charge in [-0.3, -0.25) is 0 Å². The van der Waals surface area contributed by atoms with Gasteiger partial charge in [-0.25, -0.2) is 0 Å². The van der Waals surface area contributed by atoms with Crippen LogP contribution in [0.15, 0.2) is 12.1 Å². The monoisotopic (exact) mass is 327 g/mol. The molecule has 0 amide bonds. The first kappa shape index (κ1) is 19.1. The van der Waals surface area contributed by atoms with E-state index < -0.39 is 0 Å². The fourth-order valence-corrected chi connectivity index (χ4v) is 2.59. The lowest BCUT2D eigenvalue weighted by Crippen LogP contribution is -2.15. The highest BCUT2D eigenvalue weighted by molar-refractivity contribution is 6.32. The van der Waals surface area contributed by atoms with Crippen LogP contribution in [0.2, 0.25) is 5.02 Å². The SMILES string of the molecule is CCCCCCCNCc1cc(Cl)c(OC(C)C)c(OC)c1. The van der Waals surface area contributed by atoms with Crippen molar-refractivity contribution in [3.05, 3.63) is 22.7 Å². The van der Waals surface area contributed by atoms with Crippen molar-refractivity contribution in [2.24, 2.45) is 0 Å². The summed E-state index contributed by atoms with van der Waals surface area (Å²) in [6, 6.07) is 3.94. The first-order valence-corrected chi connectivity index (χ1v) is 8.70. The molecule has 0 fully saturated rings. The van der Waals surface area contributed by atoms with E-state index in [9.17, 15) is 0 Å². The molecule has 0 atom stereocenters. The van der Waals surface area contributed by atoms with E-state index in [2.05, 4.69) is 12.2 Å². The van der Waals surface area contributed by atoms with Crippen LogP contribution in [0.25, 0.3) is 0 Å². The van der Waals surface area contributed by atoms with E-state index in [1.54, 1.807) is 7.11 Å². The normalized spacial score (nSPS) is 11.0. The maximum Gasteiger partial charge on any atom is 0.180 e. The number of unbranched alkanes of at least 4 members (excludes halogenated alkanes) is 4. The lowest BCUT2D eigenvalue weighted by atomic mass is 10.1.